The van der Waals surface area contributed by atoms with Gasteiger partial charge in [-0.1, -0.05) is 6.07 Å². The Morgan fingerprint density at radius 2 is 2.32 bits per heavy atom. The molecule has 1 aromatic heterocycles. The molecule has 8 nitrogen and oxygen atoms in total. The SMILES string of the molecule is O=C(Nc1cccc(OCCn2cccn2)c1)N[C@H]1CCCNC1=O. The van der Waals surface area contributed by atoms with Gasteiger partial charge in [-0.3, -0.25) is 9.48 Å². The van der Waals surface area contributed by atoms with E-state index in [1.807, 2.05) is 18.3 Å². The Hall–Kier alpha value is -3.03. The van der Waals surface area contributed by atoms with Crippen LogP contribution in [0.1, 0.15) is 12.8 Å². The van der Waals surface area contributed by atoms with Crippen molar-refractivity contribution in [2.45, 2.75) is 25.4 Å². The largest absolute Gasteiger partial charge is 0.492 e. The highest BCUT2D eigenvalue weighted by Crippen LogP contribution is 2.17. The number of carbonyl (C=O) groups excluding carboxylic acids is 2. The van der Waals surface area contributed by atoms with Crippen molar-refractivity contribution in [2.75, 3.05) is 18.5 Å². The Morgan fingerprint density at radius 3 is 3.12 bits per heavy atom. The molecule has 1 aliphatic rings. The molecule has 0 unspecified atom stereocenters. The summed E-state index contributed by atoms with van der Waals surface area (Å²) in [6.07, 6.45) is 5.09. The molecule has 2 aromatic rings. The van der Waals surface area contributed by atoms with Crippen LogP contribution in [0, 0.1) is 0 Å². The van der Waals surface area contributed by atoms with Gasteiger partial charge in [0.2, 0.25) is 5.91 Å². The van der Waals surface area contributed by atoms with Gasteiger partial charge in [-0.15, -0.1) is 0 Å². The van der Waals surface area contributed by atoms with Crippen molar-refractivity contribution in [1.29, 1.82) is 0 Å². The number of anilines is 1. The Kier molecular flexibility index (Phi) is 5.50. The molecule has 3 amide bonds. The fourth-order valence-corrected chi connectivity index (χ4v) is 2.59. The first kappa shape index (κ1) is 16.8. The van der Waals surface area contributed by atoms with Gasteiger partial charge in [0.1, 0.15) is 18.4 Å². The monoisotopic (exact) mass is 343 g/mol. The van der Waals surface area contributed by atoms with Gasteiger partial charge in [-0.05, 0) is 31.0 Å². The fraction of sp³-hybridized carbons (Fsp3) is 0.353. The molecule has 0 saturated carbocycles. The first-order valence-electron chi connectivity index (χ1n) is 8.26. The number of hydrogen-bond donors (Lipinski definition) is 3. The van der Waals surface area contributed by atoms with Crippen LogP contribution >= 0.6 is 0 Å². The van der Waals surface area contributed by atoms with Crippen LogP contribution in [0.3, 0.4) is 0 Å². The second-order valence-corrected chi connectivity index (χ2v) is 5.73. The summed E-state index contributed by atoms with van der Waals surface area (Å²) in [5, 5.41) is 12.3. The van der Waals surface area contributed by atoms with Crippen molar-refractivity contribution >= 4 is 17.6 Å². The van der Waals surface area contributed by atoms with E-state index < -0.39 is 12.1 Å². The minimum atomic E-state index is -0.484. The molecule has 132 valence electrons. The highest BCUT2D eigenvalue weighted by atomic mass is 16.5. The maximum absolute atomic E-state index is 12.1. The molecule has 25 heavy (non-hydrogen) atoms. The molecular weight excluding hydrogens is 322 g/mol. The lowest BCUT2D eigenvalue weighted by Crippen LogP contribution is -2.51. The van der Waals surface area contributed by atoms with Crippen molar-refractivity contribution in [1.82, 2.24) is 20.4 Å². The predicted octanol–water partition coefficient (Wildman–Crippen LogP) is 1.36. The zero-order valence-corrected chi connectivity index (χ0v) is 13.8. The molecule has 1 fully saturated rings. The smallest absolute Gasteiger partial charge is 0.319 e. The number of nitrogens with zero attached hydrogens (tertiary/aromatic N) is 2. The lowest BCUT2D eigenvalue weighted by molar-refractivity contribution is -0.124. The number of rotatable bonds is 6. The topological polar surface area (TPSA) is 97.3 Å². The van der Waals surface area contributed by atoms with Gasteiger partial charge in [-0.25, -0.2) is 4.79 Å². The summed E-state index contributed by atoms with van der Waals surface area (Å²) in [5.74, 6) is 0.512. The van der Waals surface area contributed by atoms with Crippen molar-refractivity contribution in [3.63, 3.8) is 0 Å². The van der Waals surface area contributed by atoms with E-state index in [0.29, 0.717) is 37.6 Å². The van der Waals surface area contributed by atoms with Crippen LogP contribution in [0.15, 0.2) is 42.7 Å². The van der Waals surface area contributed by atoms with Gasteiger partial charge < -0.3 is 20.7 Å². The van der Waals surface area contributed by atoms with Crippen molar-refractivity contribution in [3.8, 4) is 5.75 Å². The number of carbonyl (C=O) groups is 2. The van der Waals surface area contributed by atoms with E-state index in [2.05, 4.69) is 21.0 Å². The Labute approximate surface area is 145 Å². The number of amides is 3. The van der Waals surface area contributed by atoms with E-state index in [4.69, 9.17) is 4.74 Å². The normalized spacial score (nSPS) is 16.8. The summed E-state index contributed by atoms with van der Waals surface area (Å²) in [7, 11) is 0. The van der Waals surface area contributed by atoms with Gasteiger partial charge in [0.25, 0.3) is 0 Å². The molecule has 1 saturated heterocycles. The molecule has 8 heteroatoms. The summed E-state index contributed by atoms with van der Waals surface area (Å²) in [5.41, 5.74) is 0.602. The number of piperidine rings is 1. The molecule has 0 radical (unpaired) electrons. The maximum Gasteiger partial charge on any atom is 0.319 e. The summed E-state index contributed by atoms with van der Waals surface area (Å²) in [6, 6.07) is 8.09. The lowest BCUT2D eigenvalue weighted by Gasteiger charge is -2.22. The summed E-state index contributed by atoms with van der Waals surface area (Å²) < 4.78 is 7.45. The van der Waals surface area contributed by atoms with E-state index in [-0.39, 0.29) is 5.91 Å². The second-order valence-electron chi connectivity index (χ2n) is 5.73. The molecule has 1 atom stereocenters. The highest BCUT2D eigenvalue weighted by molar-refractivity contribution is 5.94. The van der Waals surface area contributed by atoms with E-state index in [0.717, 1.165) is 6.42 Å². The molecule has 0 spiro atoms. The van der Waals surface area contributed by atoms with Crippen LogP contribution in [-0.2, 0) is 11.3 Å². The molecule has 1 aromatic carbocycles. The fourth-order valence-electron chi connectivity index (χ4n) is 2.59. The quantitative estimate of drug-likeness (QED) is 0.738. The number of ether oxygens (including phenoxy) is 1. The minimum absolute atomic E-state index is 0.142. The van der Waals surface area contributed by atoms with Crippen molar-refractivity contribution < 1.29 is 14.3 Å². The molecule has 1 aliphatic heterocycles. The van der Waals surface area contributed by atoms with Gasteiger partial charge in [0.15, 0.2) is 0 Å². The highest BCUT2D eigenvalue weighted by Gasteiger charge is 2.23. The number of benzene rings is 1. The average molecular weight is 343 g/mol. The summed E-state index contributed by atoms with van der Waals surface area (Å²) in [4.78, 5) is 23.7. The zero-order valence-electron chi connectivity index (χ0n) is 13.8. The maximum atomic E-state index is 12.1. The molecule has 0 aliphatic carbocycles. The lowest BCUT2D eigenvalue weighted by atomic mass is 10.1. The molecule has 0 bridgehead atoms. The van der Waals surface area contributed by atoms with E-state index >= 15 is 0 Å². The Morgan fingerprint density at radius 1 is 1.40 bits per heavy atom. The van der Waals surface area contributed by atoms with Gasteiger partial charge >= 0.3 is 6.03 Å². The van der Waals surface area contributed by atoms with Crippen LogP contribution in [0.5, 0.6) is 5.75 Å². The average Bonchev–Trinajstić information content (AvgIpc) is 3.11. The standard InChI is InChI=1S/C17H21N5O3/c23-16-15(6-2-7-18-16)21-17(24)20-13-4-1-5-14(12-13)25-11-10-22-9-3-8-19-22/h1,3-5,8-9,12,15H,2,6-7,10-11H2,(H,18,23)(H2,20,21,24)/t15-/m0/s1. The minimum Gasteiger partial charge on any atom is -0.492 e. The molecule has 2 heterocycles. The number of urea groups is 1. The van der Waals surface area contributed by atoms with Crippen LogP contribution in [0.25, 0.3) is 0 Å². The number of hydrogen-bond acceptors (Lipinski definition) is 4. The summed E-state index contributed by atoms with van der Waals surface area (Å²) in [6.45, 7) is 1.78. The third-order valence-electron chi connectivity index (χ3n) is 3.83. The van der Waals surface area contributed by atoms with Gasteiger partial charge in [-0.2, -0.15) is 5.10 Å². The third kappa shape index (κ3) is 4.97. The van der Waals surface area contributed by atoms with Crippen molar-refractivity contribution in [3.05, 3.63) is 42.7 Å². The first-order chi connectivity index (χ1) is 12.2. The zero-order chi connectivity index (χ0) is 17.5. The van der Waals surface area contributed by atoms with E-state index in [1.54, 1.807) is 29.1 Å². The van der Waals surface area contributed by atoms with E-state index in [9.17, 15) is 9.59 Å². The van der Waals surface area contributed by atoms with Gasteiger partial charge in [0.05, 0.1) is 6.54 Å². The second kappa shape index (κ2) is 8.18. The summed E-state index contributed by atoms with van der Waals surface area (Å²) >= 11 is 0. The molecule has 3 rings (SSSR count). The number of nitrogens with one attached hydrogen (secondary N) is 3. The van der Waals surface area contributed by atoms with Crippen LogP contribution < -0.4 is 20.7 Å². The third-order valence-corrected chi connectivity index (χ3v) is 3.83. The van der Waals surface area contributed by atoms with Crippen LogP contribution in [-0.4, -0.2) is 40.9 Å². The Bertz CT molecular complexity index is 717. The van der Waals surface area contributed by atoms with Crippen molar-refractivity contribution in [2.24, 2.45) is 0 Å². The van der Waals surface area contributed by atoms with E-state index in [1.165, 1.54) is 0 Å². The molecular formula is C17H21N5O3. The first-order valence-corrected chi connectivity index (χ1v) is 8.26. The van der Waals surface area contributed by atoms with Gasteiger partial charge in [0, 0.05) is 30.7 Å². The van der Waals surface area contributed by atoms with Crippen LogP contribution in [0.4, 0.5) is 10.5 Å². The molecule has 3 N–H and O–H groups in total. The van der Waals surface area contributed by atoms with Crippen LogP contribution in [0.2, 0.25) is 0 Å². The number of aromatic nitrogens is 2. The predicted molar refractivity (Wildman–Crippen MR) is 92.4 cm³/mol. The Balaban J connectivity index is 1.48.